The molecule has 8 heteroatoms. The van der Waals surface area contributed by atoms with Gasteiger partial charge in [0.25, 0.3) is 5.91 Å². The molecule has 1 aromatic heterocycles. The maximum Gasteiger partial charge on any atom is 0.258 e. The van der Waals surface area contributed by atoms with E-state index >= 15 is 0 Å². The number of benzene rings is 2. The summed E-state index contributed by atoms with van der Waals surface area (Å²) in [5.74, 6) is -0.980. The molecule has 1 aliphatic rings. The minimum atomic E-state index is -0.485. The molecule has 2 heterocycles. The van der Waals surface area contributed by atoms with Crippen LogP contribution in [0.3, 0.4) is 0 Å². The number of nitrogens with zero attached hydrogens (tertiary/aromatic N) is 1. The molecule has 0 radical (unpaired) electrons. The third-order valence-electron chi connectivity index (χ3n) is 6.24. The van der Waals surface area contributed by atoms with Crippen LogP contribution in [-0.4, -0.2) is 42.9 Å². The van der Waals surface area contributed by atoms with Gasteiger partial charge in [-0.25, -0.2) is 4.39 Å². The van der Waals surface area contributed by atoms with Crippen molar-refractivity contribution in [3.05, 3.63) is 69.6 Å². The normalized spacial score (nSPS) is 13.9. The highest BCUT2D eigenvalue weighted by Gasteiger charge is 2.17. The van der Waals surface area contributed by atoms with Gasteiger partial charge in [0.05, 0.1) is 6.26 Å². The number of furan rings is 1. The zero-order valence-electron chi connectivity index (χ0n) is 19.1. The zero-order chi connectivity index (χ0) is 23.9. The van der Waals surface area contributed by atoms with E-state index in [4.69, 9.17) is 9.83 Å². The van der Waals surface area contributed by atoms with Crippen LogP contribution < -0.4 is 10.6 Å². The third-order valence-corrected chi connectivity index (χ3v) is 6.70. The average molecular weight is 529 g/mol. The predicted molar refractivity (Wildman–Crippen MR) is 136 cm³/mol. The molecular weight excluding hydrogens is 499 g/mol. The second-order valence-corrected chi connectivity index (χ2v) is 9.60. The molecule has 4 rings (SSSR count). The number of amides is 1. The number of likely N-dealkylation sites (tertiary alicyclic amines) is 1. The van der Waals surface area contributed by atoms with Gasteiger partial charge in [-0.15, -0.1) is 0 Å². The van der Waals surface area contributed by atoms with Gasteiger partial charge in [0, 0.05) is 27.5 Å². The van der Waals surface area contributed by atoms with Crippen LogP contribution in [0.5, 0.6) is 0 Å². The molecule has 1 amide bonds. The molecule has 3 N–H and O–H groups in total. The van der Waals surface area contributed by atoms with E-state index in [2.05, 4.69) is 31.5 Å². The highest BCUT2D eigenvalue weighted by molar-refractivity contribution is 9.10. The van der Waals surface area contributed by atoms with Crippen LogP contribution >= 0.6 is 15.9 Å². The van der Waals surface area contributed by atoms with Crippen molar-refractivity contribution < 1.29 is 13.6 Å². The van der Waals surface area contributed by atoms with Crippen molar-refractivity contribution in [2.45, 2.75) is 38.5 Å². The lowest BCUT2D eigenvalue weighted by atomic mass is 9.98. The number of hydrogen-bond donors (Lipinski definition) is 3. The van der Waals surface area contributed by atoms with Crippen molar-refractivity contribution in [3.8, 4) is 0 Å². The van der Waals surface area contributed by atoms with E-state index in [1.807, 2.05) is 18.2 Å². The molecule has 180 valence electrons. The number of guanidine groups is 1. The van der Waals surface area contributed by atoms with Crippen LogP contribution in [-0.2, 0) is 12.8 Å². The molecule has 1 aliphatic heterocycles. The molecule has 1 saturated heterocycles. The Labute approximate surface area is 207 Å². The van der Waals surface area contributed by atoms with E-state index in [0.29, 0.717) is 24.9 Å². The molecular formula is C26H30BrFN4O2. The number of halogens is 2. The Hall–Kier alpha value is -2.71. The number of rotatable bonds is 9. The minimum Gasteiger partial charge on any atom is -0.464 e. The van der Waals surface area contributed by atoms with Gasteiger partial charge >= 0.3 is 0 Å². The third kappa shape index (κ3) is 6.24. The van der Waals surface area contributed by atoms with Crippen LogP contribution in [0, 0.1) is 11.2 Å². The summed E-state index contributed by atoms with van der Waals surface area (Å²) in [4.78, 5) is 15.3. The minimum absolute atomic E-state index is 0.0642. The van der Waals surface area contributed by atoms with Gasteiger partial charge in [-0.3, -0.25) is 15.5 Å². The van der Waals surface area contributed by atoms with E-state index in [1.165, 1.54) is 38.1 Å². The number of carbonyl (C=O) groups is 1. The zero-order valence-corrected chi connectivity index (χ0v) is 20.7. The quantitative estimate of drug-likeness (QED) is 0.201. The number of unbranched alkanes of at least 4 members (excludes halogenated alkanes) is 1. The smallest absolute Gasteiger partial charge is 0.258 e. The highest BCUT2D eigenvalue weighted by Crippen LogP contribution is 2.27. The van der Waals surface area contributed by atoms with Crippen molar-refractivity contribution in [2.75, 3.05) is 26.2 Å². The van der Waals surface area contributed by atoms with Crippen molar-refractivity contribution in [1.82, 2.24) is 15.5 Å². The number of hydrogen-bond acceptors (Lipinski definition) is 4. The van der Waals surface area contributed by atoms with Gasteiger partial charge in [-0.05, 0) is 94.1 Å². The largest absolute Gasteiger partial charge is 0.464 e. The second-order valence-electron chi connectivity index (χ2n) is 8.68. The van der Waals surface area contributed by atoms with E-state index in [1.54, 1.807) is 12.3 Å². The van der Waals surface area contributed by atoms with Crippen LogP contribution in [0.1, 0.15) is 47.2 Å². The van der Waals surface area contributed by atoms with Gasteiger partial charge in [0.2, 0.25) is 0 Å². The Morgan fingerprint density at radius 1 is 1.15 bits per heavy atom. The van der Waals surface area contributed by atoms with E-state index in [0.717, 1.165) is 40.4 Å². The summed E-state index contributed by atoms with van der Waals surface area (Å²) < 4.78 is 21.2. The molecule has 2 aromatic carbocycles. The Morgan fingerprint density at radius 3 is 2.79 bits per heavy atom. The molecule has 0 unspecified atom stereocenters. The SMILES string of the molecule is N=C(NCCCCN1CCCC1)NC(=O)c1cccc(F)c1CCc1cc(Br)cc2ccoc12. The molecule has 6 nitrogen and oxygen atoms in total. The van der Waals surface area contributed by atoms with Gasteiger partial charge in [-0.1, -0.05) is 22.0 Å². The molecule has 0 bridgehead atoms. The Balaban J connectivity index is 1.32. The standard InChI is InChI=1S/C26H30BrFN4O2/c27-20-16-18(24-19(17-20)10-15-34-24)8-9-21-22(6-5-7-23(21)28)25(33)31-26(29)30-11-1-2-12-32-13-3-4-14-32/h5-7,10,15-17H,1-4,8-9,11-14H2,(H3,29,30,31,33). The van der Waals surface area contributed by atoms with Crippen LogP contribution in [0.25, 0.3) is 11.0 Å². The van der Waals surface area contributed by atoms with Crippen molar-refractivity contribution in [2.24, 2.45) is 0 Å². The number of fused-ring (bicyclic) bond motifs is 1. The van der Waals surface area contributed by atoms with E-state index in [9.17, 15) is 9.18 Å². The topological polar surface area (TPSA) is 81.4 Å². The Morgan fingerprint density at radius 2 is 1.97 bits per heavy atom. The first-order valence-corrected chi connectivity index (χ1v) is 12.6. The van der Waals surface area contributed by atoms with Gasteiger partial charge in [0.1, 0.15) is 11.4 Å². The monoisotopic (exact) mass is 528 g/mol. The lowest BCUT2D eigenvalue weighted by molar-refractivity contribution is 0.0974. The molecule has 3 aromatic rings. The highest BCUT2D eigenvalue weighted by atomic mass is 79.9. The fraction of sp³-hybridized carbons (Fsp3) is 0.385. The average Bonchev–Trinajstić information content (AvgIpc) is 3.49. The first-order valence-electron chi connectivity index (χ1n) is 11.8. The fourth-order valence-corrected chi connectivity index (χ4v) is 5.01. The summed E-state index contributed by atoms with van der Waals surface area (Å²) in [5.41, 5.74) is 2.28. The predicted octanol–water partition coefficient (Wildman–Crippen LogP) is 5.25. The molecule has 0 atom stereocenters. The molecule has 34 heavy (non-hydrogen) atoms. The van der Waals surface area contributed by atoms with Crippen LogP contribution in [0.2, 0.25) is 0 Å². The molecule has 0 aliphatic carbocycles. The first-order chi connectivity index (χ1) is 16.5. The lowest BCUT2D eigenvalue weighted by Crippen LogP contribution is -2.41. The summed E-state index contributed by atoms with van der Waals surface area (Å²) in [6.07, 6.45) is 7.03. The van der Waals surface area contributed by atoms with E-state index < -0.39 is 11.7 Å². The summed E-state index contributed by atoms with van der Waals surface area (Å²) in [6.45, 7) is 4.06. The van der Waals surface area contributed by atoms with Crippen molar-refractivity contribution in [1.29, 1.82) is 5.41 Å². The maximum atomic E-state index is 14.7. The Kier molecular flexibility index (Phi) is 8.34. The summed E-state index contributed by atoms with van der Waals surface area (Å²) in [5, 5.41) is 14.5. The maximum absolute atomic E-state index is 14.7. The molecule has 1 fully saturated rings. The van der Waals surface area contributed by atoms with Gasteiger partial charge < -0.3 is 14.6 Å². The van der Waals surface area contributed by atoms with Gasteiger partial charge in [0.15, 0.2) is 5.96 Å². The molecule has 0 saturated carbocycles. The van der Waals surface area contributed by atoms with Gasteiger partial charge in [-0.2, -0.15) is 0 Å². The number of aryl methyl sites for hydroxylation is 1. The fourth-order valence-electron chi connectivity index (χ4n) is 4.49. The second kappa shape index (κ2) is 11.6. The summed E-state index contributed by atoms with van der Waals surface area (Å²) in [6, 6.07) is 10.3. The van der Waals surface area contributed by atoms with E-state index in [-0.39, 0.29) is 11.5 Å². The number of carbonyl (C=O) groups excluding carboxylic acids is 1. The number of nitrogens with one attached hydrogen (secondary N) is 3. The first kappa shape index (κ1) is 24.4. The van der Waals surface area contributed by atoms with Crippen LogP contribution in [0.15, 0.2) is 51.6 Å². The summed E-state index contributed by atoms with van der Waals surface area (Å²) >= 11 is 3.51. The van der Waals surface area contributed by atoms with Crippen molar-refractivity contribution >= 4 is 38.8 Å². The summed E-state index contributed by atoms with van der Waals surface area (Å²) in [7, 11) is 0. The Bertz CT molecular complexity index is 1160. The van der Waals surface area contributed by atoms with Crippen LogP contribution in [0.4, 0.5) is 4.39 Å². The lowest BCUT2D eigenvalue weighted by Gasteiger charge is -2.15. The van der Waals surface area contributed by atoms with Crippen molar-refractivity contribution in [3.63, 3.8) is 0 Å². The molecule has 0 spiro atoms.